The maximum absolute atomic E-state index is 12.9. The molecule has 248 valence electrons. The van der Waals surface area contributed by atoms with Crippen molar-refractivity contribution >= 4 is 12.0 Å². The van der Waals surface area contributed by atoms with Crippen molar-refractivity contribution in [2.24, 2.45) is 13.0 Å². The van der Waals surface area contributed by atoms with E-state index in [0.29, 0.717) is 43.5 Å². The number of piperidine rings is 3. The Bertz CT molecular complexity index is 1420. The van der Waals surface area contributed by atoms with Gasteiger partial charge in [0.1, 0.15) is 12.4 Å². The zero-order chi connectivity index (χ0) is 32.5. The van der Waals surface area contributed by atoms with Crippen LogP contribution in [0.15, 0.2) is 60.7 Å². The minimum absolute atomic E-state index is 0.0791. The number of hydrogen-bond acceptors (Lipinski definition) is 7. The molecule has 3 aliphatic rings. The number of carboxylic acid groups (broad SMARTS) is 1. The van der Waals surface area contributed by atoms with E-state index in [4.69, 9.17) is 14.2 Å². The van der Waals surface area contributed by atoms with Crippen molar-refractivity contribution in [2.45, 2.75) is 64.5 Å². The number of rotatable bonds is 16. The monoisotopic (exact) mass is 633 g/mol. The molecule has 3 saturated heterocycles. The average Bonchev–Trinajstić information content (AvgIpc) is 3.45. The number of carbonyl (C=O) groups is 2. The predicted molar refractivity (Wildman–Crippen MR) is 174 cm³/mol. The molecule has 11 nitrogen and oxygen atoms in total. The van der Waals surface area contributed by atoms with Crippen LogP contribution < -0.4 is 10.1 Å². The summed E-state index contributed by atoms with van der Waals surface area (Å²) < 4.78 is 19.0. The summed E-state index contributed by atoms with van der Waals surface area (Å²) in [5.74, 6) is 0.716. The smallest absolute Gasteiger partial charge is 0.408 e. The molecule has 3 aliphatic heterocycles. The highest BCUT2D eigenvalue weighted by molar-refractivity contribution is 5.92. The molecule has 0 radical (unpaired) electrons. The van der Waals surface area contributed by atoms with Crippen LogP contribution in [0.5, 0.6) is 5.75 Å². The quantitative estimate of drug-likeness (QED) is 0.166. The zero-order valence-electron chi connectivity index (χ0n) is 27.1. The fourth-order valence-electron chi connectivity index (χ4n) is 6.67. The van der Waals surface area contributed by atoms with Gasteiger partial charge in [-0.2, -0.15) is 5.10 Å². The minimum atomic E-state index is -0.914. The van der Waals surface area contributed by atoms with Crippen molar-refractivity contribution in [1.82, 2.24) is 24.9 Å². The topological polar surface area (TPSA) is 118 Å². The maximum Gasteiger partial charge on any atom is 0.408 e. The lowest BCUT2D eigenvalue weighted by Crippen LogP contribution is -2.59. The first-order valence-corrected chi connectivity index (χ1v) is 16.4. The van der Waals surface area contributed by atoms with Crippen LogP contribution in [0, 0.1) is 5.92 Å². The number of carbonyl (C=O) groups excluding carboxylic acids is 1. The van der Waals surface area contributed by atoms with Gasteiger partial charge in [0.25, 0.3) is 5.91 Å². The summed E-state index contributed by atoms with van der Waals surface area (Å²) in [5, 5.41) is 17.9. The molecule has 1 aromatic heterocycles. The van der Waals surface area contributed by atoms with E-state index in [2.05, 4.69) is 15.3 Å². The zero-order valence-corrected chi connectivity index (χ0v) is 27.1. The Kier molecular flexibility index (Phi) is 11.7. The largest absolute Gasteiger partial charge is 0.487 e. The van der Waals surface area contributed by atoms with Crippen LogP contribution in [0.2, 0.25) is 0 Å². The van der Waals surface area contributed by atoms with E-state index < -0.39 is 12.1 Å². The van der Waals surface area contributed by atoms with Gasteiger partial charge in [-0.05, 0) is 81.4 Å². The second-order valence-electron chi connectivity index (χ2n) is 12.0. The van der Waals surface area contributed by atoms with E-state index in [1.165, 1.54) is 0 Å². The van der Waals surface area contributed by atoms with Gasteiger partial charge in [-0.3, -0.25) is 14.4 Å². The number of aromatic nitrogens is 2. The summed E-state index contributed by atoms with van der Waals surface area (Å²) in [6, 6.07) is 18.7. The molecule has 11 heteroatoms. The first-order valence-electron chi connectivity index (χ1n) is 16.4. The molecule has 0 spiro atoms. The van der Waals surface area contributed by atoms with Gasteiger partial charge in [0, 0.05) is 39.8 Å². The first-order chi connectivity index (χ1) is 22.4. The number of ether oxygens (including phenoxy) is 3. The van der Waals surface area contributed by atoms with Gasteiger partial charge in [0.05, 0.1) is 17.8 Å². The standard InChI is InChI=1S/C35H47N5O6/c1-4-44-32(45-5-2)15-10-18-36-34(41)30-22-28(38(3)37-30)24-46-29-14-9-13-27(21-29)33(26-11-7-6-8-12-26)40(35(42)43)31-23-39-19-16-25(31)17-20-39/h6-9,11-14,21-22,25,31-33H,4-5,10,15-20,23-24H2,1-3H3,(H,36,41)(H,42,43)/t31-,33?/m0/s1. The Hall–Kier alpha value is -3.93. The summed E-state index contributed by atoms with van der Waals surface area (Å²) in [5.41, 5.74) is 2.83. The van der Waals surface area contributed by atoms with Gasteiger partial charge >= 0.3 is 6.09 Å². The molecule has 2 amide bonds. The molecule has 3 fully saturated rings. The Labute approximate surface area is 271 Å². The summed E-state index contributed by atoms with van der Waals surface area (Å²) in [4.78, 5) is 29.8. The number of nitrogens with one attached hydrogen (secondary N) is 1. The number of fused-ring (bicyclic) bond motifs is 3. The Morgan fingerprint density at radius 2 is 1.74 bits per heavy atom. The number of hydrogen-bond donors (Lipinski definition) is 2. The summed E-state index contributed by atoms with van der Waals surface area (Å²) >= 11 is 0. The molecule has 3 aromatic rings. The third kappa shape index (κ3) is 8.26. The van der Waals surface area contributed by atoms with Gasteiger partial charge < -0.3 is 29.5 Å². The molecule has 0 aliphatic carbocycles. The summed E-state index contributed by atoms with van der Waals surface area (Å²) in [6.07, 6.45) is 2.27. The van der Waals surface area contributed by atoms with Crippen molar-refractivity contribution in [3.8, 4) is 5.75 Å². The highest BCUT2D eigenvalue weighted by Gasteiger charge is 2.43. The van der Waals surface area contributed by atoms with E-state index in [1.807, 2.05) is 68.4 Å². The van der Waals surface area contributed by atoms with Crippen molar-refractivity contribution in [3.63, 3.8) is 0 Å². The SMILES string of the molecule is CCOC(CCCNC(=O)c1cc(COc2cccc(C(c3ccccc3)N(C(=O)O)[C@H]3CN4CCC3CC4)c2)n(C)n1)OCC. The maximum atomic E-state index is 12.9. The molecule has 2 bridgehead atoms. The van der Waals surface area contributed by atoms with Crippen LogP contribution in [0.3, 0.4) is 0 Å². The third-order valence-corrected chi connectivity index (χ3v) is 8.97. The van der Waals surface area contributed by atoms with Gasteiger partial charge in [0.15, 0.2) is 12.0 Å². The predicted octanol–water partition coefficient (Wildman–Crippen LogP) is 5.07. The summed E-state index contributed by atoms with van der Waals surface area (Å²) in [7, 11) is 1.78. The van der Waals surface area contributed by atoms with Crippen LogP contribution in [-0.4, -0.2) is 88.4 Å². The van der Waals surface area contributed by atoms with Gasteiger partial charge in [-0.15, -0.1) is 0 Å². The molecule has 4 heterocycles. The van der Waals surface area contributed by atoms with E-state index in [0.717, 1.165) is 55.7 Å². The van der Waals surface area contributed by atoms with E-state index >= 15 is 0 Å². The van der Waals surface area contributed by atoms with Crippen molar-refractivity contribution in [1.29, 1.82) is 0 Å². The van der Waals surface area contributed by atoms with Crippen molar-refractivity contribution in [2.75, 3.05) is 39.4 Å². The summed E-state index contributed by atoms with van der Waals surface area (Å²) in [6.45, 7) is 8.53. The Morgan fingerprint density at radius 1 is 1.02 bits per heavy atom. The van der Waals surface area contributed by atoms with Crippen LogP contribution in [0.1, 0.15) is 72.9 Å². The normalized spacial score (nSPS) is 19.6. The fraction of sp³-hybridized carbons (Fsp3) is 0.514. The fourth-order valence-corrected chi connectivity index (χ4v) is 6.67. The van der Waals surface area contributed by atoms with Crippen LogP contribution >= 0.6 is 0 Å². The third-order valence-electron chi connectivity index (χ3n) is 8.97. The van der Waals surface area contributed by atoms with Gasteiger partial charge in [-0.1, -0.05) is 42.5 Å². The van der Waals surface area contributed by atoms with Gasteiger partial charge in [-0.25, -0.2) is 4.79 Å². The molecule has 0 saturated carbocycles. The Morgan fingerprint density at radius 3 is 2.39 bits per heavy atom. The molecule has 6 rings (SSSR count). The molecule has 2 atom stereocenters. The van der Waals surface area contributed by atoms with Crippen LogP contribution in [0.4, 0.5) is 4.79 Å². The number of amides is 2. The number of benzene rings is 2. The lowest BCUT2D eigenvalue weighted by Gasteiger charge is -2.50. The van der Waals surface area contributed by atoms with Crippen molar-refractivity contribution < 1.29 is 28.9 Å². The number of aryl methyl sites for hydroxylation is 1. The lowest BCUT2D eigenvalue weighted by molar-refractivity contribution is -0.139. The Balaban J connectivity index is 1.26. The second-order valence-corrected chi connectivity index (χ2v) is 12.0. The van der Waals surface area contributed by atoms with Crippen LogP contribution in [-0.2, 0) is 23.1 Å². The number of nitrogens with zero attached hydrogens (tertiary/aromatic N) is 4. The highest BCUT2D eigenvalue weighted by Crippen LogP contribution is 2.39. The van der Waals surface area contributed by atoms with Gasteiger partial charge in [0.2, 0.25) is 0 Å². The lowest BCUT2D eigenvalue weighted by atomic mass is 9.81. The molecular formula is C35H47N5O6. The van der Waals surface area contributed by atoms with Crippen molar-refractivity contribution in [3.05, 3.63) is 83.2 Å². The highest BCUT2D eigenvalue weighted by atomic mass is 16.7. The van der Waals surface area contributed by atoms with E-state index in [1.54, 1.807) is 22.7 Å². The van der Waals surface area contributed by atoms with E-state index in [9.17, 15) is 14.7 Å². The molecular weight excluding hydrogens is 586 g/mol. The molecule has 2 aromatic carbocycles. The minimum Gasteiger partial charge on any atom is -0.487 e. The van der Waals surface area contributed by atoms with Crippen LogP contribution in [0.25, 0.3) is 0 Å². The molecule has 2 N–H and O–H groups in total. The first kappa shape index (κ1) is 33.4. The molecule has 1 unspecified atom stereocenters. The van der Waals surface area contributed by atoms with E-state index in [-0.39, 0.29) is 24.8 Å². The second kappa shape index (κ2) is 16.1. The average molecular weight is 634 g/mol. The molecule has 46 heavy (non-hydrogen) atoms.